The first-order valence-corrected chi connectivity index (χ1v) is 6.89. The van der Waals surface area contributed by atoms with E-state index in [-0.39, 0.29) is 12.0 Å². The predicted octanol–water partition coefficient (Wildman–Crippen LogP) is 2.77. The molecule has 3 heteroatoms. The van der Waals surface area contributed by atoms with Gasteiger partial charge in [0.15, 0.2) is 0 Å². The van der Waals surface area contributed by atoms with E-state index in [2.05, 4.69) is 41.7 Å². The second-order valence-electron chi connectivity index (χ2n) is 5.45. The Balaban J connectivity index is 1.65. The van der Waals surface area contributed by atoms with Gasteiger partial charge in [0, 0.05) is 12.2 Å². The van der Waals surface area contributed by atoms with Gasteiger partial charge in [-0.3, -0.25) is 0 Å². The van der Waals surface area contributed by atoms with Crippen molar-refractivity contribution in [1.82, 2.24) is 0 Å². The van der Waals surface area contributed by atoms with Crippen LogP contribution >= 0.6 is 0 Å². The van der Waals surface area contributed by atoms with E-state index in [9.17, 15) is 5.11 Å². The molecule has 2 aromatic rings. The van der Waals surface area contributed by atoms with Crippen LogP contribution in [0.2, 0.25) is 0 Å². The lowest BCUT2D eigenvalue weighted by molar-refractivity contribution is -0.128. The van der Waals surface area contributed by atoms with E-state index in [4.69, 9.17) is 4.74 Å². The first-order valence-electron chi connectivity index (χ1n) is 6.89. The van der Waals surface area contributed by atoms with Crippen LogP contribution in [0.15, 0.2) is 54.6 Å². The van der Waals surface area contributed by atoms with Crippen molar-refractivity contribution in [3.63, 3.8) is 0 Å². The fourth-order valence-electron chi connectivity index (χ4n) is 2.34. The van der Waals surface area contributed by atoms with Crippen molar-refractivity contribution in [2.24, 2.45) is 5.41 Å². The van der Waals surface area contributed by atoms with Crippen LogP contribution in [0, 0.1) is 5.41 Å². The lowest BCUT2D eigenvalue weighted by Crippen LogP contribution is -2.50. The monoisotopic (exact) mass is 269 g/mol. The minimum Gasteiger partial charge on any atom is -0.396 e. The van der Waals surface area contributed by atoms with Crippen LogP contribution in [-0.2, 0) is 4.74 Å². The molecule has 0 saturated carbocycles. The summed E-state index contributed by atoms with van der Waals surface area (Å²) in [5, 5.41) is 12.8. The van der Waals surface area contributed by atoms with Crippen LogP contribution < -0.4 is 5.32 Å². The second kappa shape index (κ2) is 5.65. The van der Waals surface area contributed by atoms with Crippen molar-refractivity contribution in [3.05, 3.63) is 54.6 Å². The van der Waals surface area contributed by atoms with Gasteiger partial charge in [-0.05, 0) is 23.3 Å². The Morgan fingerprint density at radius 2 is 1.60 bits per heavy atom. The van der Waals surface area contributed by atoms with Gasteiger partial charge >= 0.3 is 0 Å². The Hall–Kier alpha value is -1.84. The lowest BCUT2D eigenvalue weighted by Gasteiger charge is -2.40. The third-order valence-electron chi connectivity index (χ3n) is 3.81. The molecule has 0 spiro atoms. The normalized spacial score (nSPS) is 16.4. The number of anilines is 1. The molecule has 0 unspecified atom stereocenters. The Morgan fingerprint density at radius 3 is 2.15 bits per heavy atom. The minimum absolute atomic E-state index is 0.0991. The number of hydrogen-bond acceptors (Lipinski definition) is 3. The molecular formula is C17H19NO2. The number of nitrogens with one attached hydrogen (secondary N) is 1. The average molecular weight is 269 g/mol. The number of hydrogen-bond donors (Lipinski definition) is 2. The van der Waals surface area contributed by atoms with Gasteiger partial charge in [-0.1, -0.05) is 42.5 Å². The summed E-state index contributed by atoms with van der Waals surface area (Å²) in [5.74, 6) is 0. The van der Waals surface area contributed by atoms with E-state index in [1.807, 2.05) is 18.2 Å². The zero-order chi connectivity index (χ0) is 13.8. The first-order chi connectivity index (χ1) is 9.81. The van der Waals surface area contributed by atoms with Gasteiger partial charge in [0.05, 0.1) is 25.2 Å². The minimum atomic E-state index is -0.0991. The maximum atomic E-state index is 9.39. The van der Waals surface area contributed by atoms with E-state index < -0.39 is 0 Å². The van der Waals surface area contributed by atoms with Crippen LogP contribution in [-0.4, -0.2) is 31.5 Å². The molecule has 0 bridgehead atoms. The number of aliphatic hydroxyl groups is 1. The Labute approximate surface area is 119 Å². The summed E-state index contributed by atoms with van der Waals surface area (Å²) in [5.41, 5.74) is 3.40. The lowest BCUT2D eigenvalue weighted by atomic mass is 9.87. The van der Waals surface area contributed by atoms with Gasteiger partial charge in [0.25, 0.3) is 0 Å². The van der Waals surface area contributed by atoms with Crippen LogP contribution in [0.5, 0.6) is 0 Å². The maximum Gasteiger partial charge on any atom is 0.0584 e. The molecule has 0 atom stereocenters. The summed E-state index contributed by atoms with van der Waals surface area (Å²) in [6.07, 6.45) is 0. The van der Waals surface area contributed by atoms with Gasteiger partial charge in [-0.2, -0.15) is 0 Å². The summed E-state index contributed by atoms with van der Waals surface area (Å²) >= 11 is 0. The SMILES string of the molecule is OCC1(CNc2ccc(-c3ccccc3)cc2)COC1. The Morgan fingerprint density at radius 1 is 0.950 bits per heavy atom. The van der Waals surface area contributed by atoms with Crippen molar-refractivity contribution >= 4 is 5.69 Å². The molecule has 3 nitrogen and oxygen atoms in total. The number of benzene rings is 2. The smallest absolute Gasteiger partial charge is 0.0584 e. The highest BCUT2D eigenvalue weighted by Crippen LogP contribution is 2.27. The number of rotatable bonds is 5. The zero-order valence-electron chi connectivity index (χ0n) is 11.4. The highest BCUT2D eigenvalue weighted by atomic mass is 16.5. The number of ether oxygens (including phenoxy) is 1. The molecule has 3 rings (SSSR count). The molecule has 1 aliphatic rings. The van der Waals surface area contributed by atoms with Gasteiger partial charge in [0.2, 0.25) is 0 Å². The predicted molar refractivity (Wildman–Crippen MR) is 80.7 cm³/mol. The highest BCUT2D eigenvalue weighted by Gasteiger charge is 2.37. The molecule has 0 aliphatic carbocycles. The van der Waals surface area contributed by atoms with Crippen molar-refractivity contribution < 1.29 is 9.84 Å². The number of aliphatic hydroxyl groups excluding tert-OH is 1. The third kappa shape index (κ3) is 2.69. The Bertz CT molecular complexity index is 541. The van der Waals surface area contributed by atoms with Gasteiger partial charge in [0.1, 0.15) is 0 Å². The molecule has 1 aliphatic heterocycles. The summed E-state index contributed by atoms with van der Waals surface area (Å²) in [7, 11) is 0. The molecule has 1 saturated heterocycles. The molecule has 0 amide bonds. The van der Waals surface area contributed by atoms with Crippen molar-refractivity contribution in [1.29, 1.82) is 0 Å². The van der Waals surface area contributed by atoms with Crippen LogP contribution in [0.25, 0.3) is 11.1 Å². The molecule has 20 heavy (non-hydrogen) atoms. The molecular weight excluding hydrogens is 250 g/mol. The van der Waals surface area contributed by atoms with Crippen LogP contribution in [0.3, 0.4) is 0 Å². The van der Waals surface area contributed by atoms with Crippen LogP contribution in [0.1, 0.15) is 0 Å². The van der Waals surface area contributed by atoms with Crippen LogP contribution in [0.4, 0.5) is 5.69 Å². The summed E-state index contributed by atoms with van der Waals surface area (Å²) < 4.78 is 5.19. The fraction of sp³-hybridized carbons (Fsp3) is 0.294. The quantitative estimate of drug-likeness (QED) is 0.877. The van der Waals surface area contributed by atoms with E-state index >= 15 is 0 Å². The third-order valence-corrected chi connectivity index (χ3v) is 3.81. The fourth-order valence-corrected chi connectivity index (χ4v) is 2.34. The molecule has 2 N–H and O–H groups in total. The molecule has 0 radical (unpaired) electrons. The topological polar surface area (TPSA) is 41.5 Å². The largest absolute Gasteiger partial charge is 0.396 e. The summed E-state index contributed by atoms with van der Waals surface area (Å²) in [4.78, 5) is 0. The van der Waals surface area contributed by atoms with E-state index in [0.29, 0.717) is 13.2 Å². The molecule has 0 aromatic heterocycles. The van der Waals surface area contributed by atoms with Gasteiger partial charge < -0.3 is 15.2 Å². The van der Waals surface area contributed by atoms with E-state index in [1.165, 1.54) is 11.1 Å². The zero-order valence-corrected chi connectivity index (χ0v) is 11.4. The highest BCUT2D eigenvalue weighted by molar-refractivity contribution is 5.65. The van der Waals surface area contributed by atoms with E-state index in [1.54, 1.807) is 0 Å². The summed E-state index contributed by atoms with van der Waals surface area (Å²) in [6.45, 7) is 2.19. The average Bonchev–Trinajstić information content (AvgIpc) is 2.48. The Kier molecular flexibility index (Phi) is 3.72. The maximum absolute atomic E-state index is 9.39. The van der Waals surface area contributed by atoms with Crippen molar-refractivity contribution in [2.45, 2.75) is 0 Å². The molecule has 1 fully saturated rings. The van der Waals surface area contributed by atoms with Gasteiger partial charge in [-0.15, -0.1) is 0 Å². The van der Waals surface area contributed by atoms with Crippen molar-refractivity contribution in [3.8, 4) is 11.1 Å². The first kappa shape index (κ1) is 13.2. The molecule has 1 heterocycles. The standard InChI is InChI=1S/C17H19NO2/c19-11-17(12-20-13-17)10-18-16-8-6-15(7-9-16)14-4-2-1-3-5-14/h1-9,18-19H,10-13H2. The molecule has 2 aromatic carbocycles. The summed E-state index contributed by atoms with van der Waals surface area (Å²) in [6, 6.07) is 18.7. The van der Waals surface area contributed by atoms with Gasteiger partial charge in [-0.25, -0.2) is 0 Å². The van der Waals surface area contributed by atoms with Crippen molar-refractivity contribution in [2.75, 3.05) is 31.7 Å². The molecule has 104 valence electrons. The second-order valence-corrected chi connectivity index (χ2v) is 5.45. The van der Waals surface area contributed by atoms with E-state index in [0.717, 1.165) is 12.2 Å².